The first kappa shape index (κ1) is 21.9. The Balaban J connectivity index is 2.56. The molecule has 0 saturated carbocycles. The van der Waals surface area contributed by atoms with E-state index in [4.69, 9.17) is 4.74 Å². The number of amides is 2. The highest BCUT2D eigenvalue weighted by atomic mass is 32.2. The van der Waals surface area contributed by atoms with Gasteiger partial charge in [-0.25, -0.2) is 17.5 Å². The van der Waals surface area contributed by atoms with Gasteiger partial charge in [-0.3, -0.25) is 4.79 Å². The van der Waals surface area contributed by atoms with Gasteiger partial charge in [0.05, 0.1) is 4.90 Å². The molecule has 0 aliphatic carbocycles. The number of rotatable bonds is 6. The maximum Gasteiger partial charge on any atom is 0.410 e. The number of hydrogen-bond donors (Lipinski definition) is 1. The van der Waals surface area contributed by atoms with Gasteiger partial charge in [0.2, 0.25) is 15.9 Å². The Morgan fingerprint density at radius 1 is 1.08 bits per heavy atom. The Kier molecular flexibility index (Phi) is 7.16. The number of sulfonamides is 1. The molecule has 0 aliphatic rings. The topological polar surface area (TPSA) is 96.0 Å². The van der Waals surface area contributed by atoms with Crippen molar-refractivity contribution in [1.82, 2.24) is 14.5 Å². The number of carbonyl (C=O) groups is 2. The summed E-state index contributed by atoms with van der Waals surface area (Å²) in [6.45, 7) is 5.34. The minimum atomic E-state index is -3.48. The van der Waals surface area contributed by atoms with E-state index in [1.807, 2.05) is 0 Å². The molecule has 26 heavy (non-hydrogen) atoms. The predicted octanol–water partition coefficient (Wildman–Crippen LogP) is 1.42. The summed E-state index contributed by atoms with van der Waals surface area (Å²) in [6, 6.07) is 6.25. The van der Waals surface area contributed by atoms with Crippen molar-refractivity contribution in [2.24, 2.45) is 0 Å². The van der Waals surface area contributed by atoms with Crippen LogP contribution in [0.2, 0.25) is 0 Å². The van der Waals surface area contributed by atoms with E-state index in [2.05, 4.69) is 5.32 Å². The van der Waals surface area contributed by atoms with Gasteiger partial charge >= 0.3 is 6.09 Å². The summed E-state index contributed by atoms with van der Waals surface area (Å²) in [5.41, 5.74) is 0.118. The third kappa shape index (κ3) is 6.64. The Hall–Kier alpha value is -2.13. The summed E-state index contributed by atoms with van der Waals surface area (Å²) in [5.74, 6) is -0.344. The van der Waals surface area contributed by atoms with Gasteiger partial charge in [-0.2, -0.15) is 0 Å². The molecule has 0 saturated heterocycles. The molecule has 1 rings (SSSR count). The molecule has 0 heterocycles. The summed E-state index contributed by atoms with van der Waals surface area (Å²) in [7, 11) is 0.929. The van der Waals surface area contributed by atoms with E-state index in [-0.39, 0.29) is 23.9 Å². The Morgan fingerprint density at radius 2 is 1.62 bits per heavy atom. The smallest absolute Gasteiger partial charge is 0.410 e. The highest BCUT2D eigenvalue weighted by Gasteiger charge is 2.21. The van der Waals surface area contributed by atoms with Crippen LogP contribution in [0.25, 0.3) is 0 Å². The van der Waals surface area contributed by atoms with Crippen molar-refractivity contribution in [1.29, 1.82) is 0 Å². The zero-order chi connectivity index (χ0) is 20.1. The maximum absolute atomic E-state index is 12.0. The largest absolute Gasteiger partial charge is 0.444 e. The second-order valence-electron chi connectivity index (χ2n) is 7.04. The normalized spacial score (nSPS) is 12.0. The van der Waals surface area contributed by atoms with Gasteiger partial charge in [-0.15, -0.1) is 0 Å². The first-order valence-corrected chi connectivity index (χ1v) is 9.49. The third-order valence-corrected chi connectivity index (χ3v) is 5.11. The summed E-state index contributed by atoms with van der Waals surface area (Å²) in [6.07, 6.45) is -0.578. The fourth-order valence-electron chi connectivity index (χ4n) is 1.87. The highest BCUT2D eigenvalue weighted by Crippen LogP contribution is 2.14. The Morgan fingerprint density at radius 3 is 2.08 bits per heavy atom. The number of carbonyl (C=O) groups excluding carboxylic acids is 2. The van der Waals surface area contributed by atoms with Gasteiger partial charge in [-0.05, 0) is 38.5 Å². The lowest BCUT2D eigenvalue weighted by molar-refractivity contribution is -0.122. The molecule has 2 amide bonds. The lowest BCUT2D eigenvalue weighted by Crippen LogP contribution is -2.40. The molecule has 0 spiro atoms. The molecule has 0 aliphatic heterocycles. The van der Waals surface area contributed by atoms with Crippen molar-refractivity contribution >= 4 is 22.0 Å². The van der Waals surface area contributed by atoms with Crippen LogP contribution in [0.5, 0.6) is 0 Å². The van der Waals surface area contributed by atoms with Crippen LogP contribution in [-0.4, -0.2) is 62.9 Å². The maximum atomic E-state index is 12.0. The molecule has 0 fully saturated rings. The average molecular weight is 385 g/mol. The Bertz CT molecular complexity index is 737. The predicted molar refractivity (Wildman–Crippen MR) is 98.0 cm³/mol. The summed E-state index contributed by atoms with van der Waals surface area (Å²) < 4.78 is 30.3. The number of likely N-dealkylation sites (N-methyl/N-ethyl adjacent to an activating group) is 1. The SMILES string of the molecule is CN(CC(=O)NCc1ccc(S(=O)(=O)N(C)C)cc1)C(=O)OC(C)(C)C. The van der Waals surface area contributed by atoms with E-state index >= 15 is 0 Å². The molecular formula is C17H27N3O5S. The van der Waals surface area contributed by atoms with Gasteiger partial charge in [0.25, 0.3) is 0 Å². The third-order valence-electron chi connectivity index (χ3n) is 3.28. The molecule has 1 N–H and O–H groups in total. The second-order valence-corrected chi connectivity index (χ2v) is 9.20. The van der Waals surface area contributed by atoms with Crippen molar-refractivity contribution in [3.63, 3.8) is 0 Å². The minimum Gasteiger partial charge on any atom is -0.444 e. The van der Waals surface area contributed by atoms with Crippen molar-refractivity contribution in [3.05, 3.63) is 29.8 Å². The van der Waals surface area contributed by atoms with Gasteiger partial charge in [-0.1, -0.05) is 12.1 Å². The van der Waals surface area contributed by atoms with Crippen LogP contribution in [0.4, 0.5) is 4.79 Å². The van der Waals surface area contributed by atoms with Crippen LogP contribution in [-0.2, 0) is 26.1 Å². The van der Waals surface area contributed by atoms with E-state index in [0.29, 0.717) is 0 Å². The first-order chi connectivity index (χ1) is 11.8. The van der Waals surface area contributed by atoms with E-state index in [1.165, 1.54) is 38.2 Å². The van der Waals surface area contributed by atoms with E-state index in [0.717, 1.165) is 9.87 Å². The van der Waals surface area contributed by atoms with Gasteiger partial charge in [0.15, 0.2) is 0 Å². The first-order valence-electron chi connectivity index (χ1n) is 8.05. The molecule has 9 heteroatoms. The van der Waals surface area contributed by atoms with E-state index in [1.54, 1.807) is 32.9 Å². The van der Waals surface area contributed by atoms with Crippen LogP contribution >= 0.6 is 0 Å². The molecule has 0 aromatic heterocycles. The van der Waals surface area contributed by atoms with Gasteiger partial charge in [0.1, 0.15) is 12.1 Å². The molecule has 1 aromatic carbocycles. The molecule has 0 bridgehead atoms. The second kappa shape index (κ2) is 8.50. The molecule has 8 nitrogen and oxygen atoms in total. The monoisotopic (exact) mass is 385 g/mol. The van der Waals surface area contributed by atoms with Crippen LogP contribution < -0.4 is 5.32 Å². The quantitative estimate of drug-likeness (QED) is 0.799. The lowest BCUT2D eigenvalue weighted by atomic mass is 10.2. The van der Waals surface area contributed by atoms with Crippen LogP contribution in [0.15, 0.2) is 29.2 Å². The molecule has 146 valence electrons. The van der Waals surface area contributed by atoms with Crippen LogP contribution in [0, 0.1) is 0 Å². The van der Waals surface area contributed by atoms with Crippen LogP contribution in [0.3, 0.4) is 0 Å². The van der Waals surface area contributed by atoms with Gasteiger partial charge in [0, 0.05) is 27.7 Å². The molecule has 0 radical (unpaired) electrons. The average Bonchev–Trinajstić information content (AvgIpc) is 2.51. The number of ether oxygens (including phenoxy) is 1. The molecule has 0 unspecified atom stereocenters. The van der Waals surface area contributed by atoms with Crippen molar-refractivity contribution in [3.8, 4) is 0 Å². The summed E-state index contributed by atoms with van der Waals surface area (Å²) in [4.78, 5) is 25.1. The standard InChI is InChI=1S/C17H27N3O5S/c1-17(2,3)25-16(22)20(6)12-15(21)18-11-13-7-9-14(10-8-13)26(23,24)19(4)5/h7-10H,11-12H2,1-6H3,(H,18,21). The fourth-order valence-corrected chi connectivity index (χ4v) is 2.77. The number of benzene rings is 1. The van der Waals surface area contributed by atoms with Crippen molar-refractivity contribution in [2.45, 2.75) is 37.8 Å². The van der Waals surface area contributed by atoms with Crippen molar-refractivity contribution in [2.75, 3.05) is 27.7 Å². The number of hydrogen-bond acceptors (Lipinski definition) is 5. The molecular weight excluding hydrogens is 358 g/mol. The van der Waals surface area contributed by atoms with Crippen LogP contribution in [0.1, 0.15) is 26.3 Å². The van der Waals surface area contributed by atoms with E-state index in [9.17, 15) is 18.0 Å². The summed E-state index contributed by atoms with van der Waals surface area (Å²) in [5, 5.41) is 2.68. The number of nitrogens with one attached hydrogen (secondary N) is 1. The minimum absolute atomic E-state index is 0.137. The lowest BCUT2D eigenvalue weighted by Gasteiger charge is -2.24. The molecule has 0 atom stereocenters. The zero-order valence-corrected chi connectivity index (χ0v) is 16.9. The highest BCUT2D eigenvalue weighted by molar-refractivity contribution is 7.89. The van der Waals surface area contributed by atoms with Crippen molar-refractivity contribution < 1.29 is 22.7 Å². The summed E-state index contributed by atoms with van der Waals surface area (Å²) >= 11 is 0. The van der Waals surface area contributed by atoms with E-state index < -0.39 is 21.7 Å². The number of nitrogens with zero attached hydrogens (tertiary/aromatic N) is 2. The Labute approximate surface area is 155 Å². The molecule has 1 aromatic rings. The fraction of sp³-hybridized carbons (Fsp3) is 0.529. The zero-order valence-electron chi connectivity index (χ0n) is 16.1. The van der Waals surface area contributed by atoms with Gasteiger partial charge < -0.3 is 15.0 Å².